The van der Waals surface area contributed by atoms with E-state index in [0.717, 1.165) is 5.56 Å². The lowest BCUT2D eigenvalue weighted by Gasteiger charge is -2.08. The second-order valence-electron chi connectivity index (χ2n) is 4.59. The van der Waals surface area contributed by atoms with Gasteiger partial charge in [-0.2, -0.15) is 0 Å². The van der Waals surface area contributed by atoms with Crippen molar-refractivity contribution >= 4 is 15.5 Å². The first-order valence-corrected chi connectivity index (χ1v) is 8.33. The van der Waals surface area contributed by atoms with E-state index < -0.39 is 14.8 Å². The molecule has 0 amide bonds. The second-order valence-corrected chi connectivity index (χ2v) is 7.06. The fraction of sp³-hybridized carbons (Fsp3) is 0.538. The molecule has 7 heteroatoms. The first-order valence-electron chi connectivity index (χ1n) is 6.51. The zero-order chi connectivity index (χ0) is 15.2. The number of nitro groups is 1. The van der Waals surface area contributed by atoms with Crippen LogP contribution in [0.5, 0.6) is 0 Å². The van der Waals surface area contributed by atoms with Crippen LogP contribution in [-0.2, 0) is 16.4 Å². The average Bonchev–Trinajstić information content (AvgIpc) is 2.39. The first kappa shape index (κ1) is 16.6. The fourth-order valence-electron chi connectivity index (χ4n) is 1.84. The number of benzene rings is 1. The summed E-state index contributed by atoms with van der Waals surface area (Å²) >= 11 is 0. The van der Waals surface area contributed by atoms with Crippen molar-refractivity contribution in [2.75, 3.05) is 18.1 Å². The van der Waals surface area contributed by atoms with Crippen LogP contribution < -0.4 is 5.32 Å². The highest BCUT2D eigenvalue weighted by molar-refractivity contribution is 7.91. The molecule has 0 saturated heterocycles. The van der Waals surface area contributed by atoms with Crippen LogP contribution in [0.25, 0.3) is 0 Å². The van der Waals surface area contributed by atoms with Gasteiger partial charge in [-0.15, -0.1) is 0 Å². The number of hydrogen-bond acceptors (Lipinski definition) is 5. The predicted octanol–water partition coefficient (Wildman–Crippen LogP) is 1.82. The topological polar surface area (TPSA) is 89.3 Å². The summed E-state index contributed by atoms with van der Waals surface area (Å²) in [6.07, 6.45) is 0.546. The maximum Gasteiger partial charge on any atom is 0.272 e. The highest BCUT2D eigenvalue weighted by atomic mass is 32.2. The summed E-state index contributed by atoms with van der Waals surface area (Å²) in [5.41, 5.74) is 1.61. The maximum atomic E-state index is 11.3. The van der Waals surface area contributed by atoms with Crippen LogP contribution in [0.1, 0.15) is 24.5 Å². The maximum absolute atomic E-state index is 11.3. The Balaban J connectivity index is 2.47. The van der Waals surface area contributed by atoms with Crippen molar-refractivity contribution in [3.63, 3.8) is 0 Å². The van der Waals surface area contributed by atoms with Gasteiger partial charge in [-0.3, -0.25) is 10.1 Å². The Bertz CT molecular complexity index is 570. The lowest BCUT2D eigenvalue weighted by Crippen LogP contribution is -2.19. The van der Waals surface area contributed by atoms with Gasteiger partial charge < -0.3 is 5.32 Å². The zero-order valence-electron chi connectivity index (χ0n) is 11.8. The van der Waals surface area contributed by atoms with Crippen LogP contribution in [0.4, 0.5) is 5.69 Å². The number of nitrogens with zero attached hydrogens (tertiary/aromatic N) is 1. The lowest BCUT2D eigenvalue weighted by atomic mass is 10.1. The molecule has 20 heavy (non-hydrogen) atoms. The summed E-state index contributed by atoms with van der Waals surface area (Å²) in [6.45, 7) is 4.42. The molecule has 0 atom stereocenters. The molecule has 0 aliphatic carbocycles. The monoisotopic (exact) mass is 300 g/mol. The molecule has 0 aromatic heterocycles. The van der Waals surface area contributed by atoms with Crippen LogP contribution in [0, 0.1) is 17.0 Å². The smallest absolute Gasteiger partial charge is 0.272 e. The third kappa shape index (κ3) is 4.90. The third-order valence-electron chi connectivity index (χ3n) is 3.18. The van der Waals surface area contributed by atoms with Gasteiger partial charge in [0, 0.05) is 23.9 Å². The van der Waals surface area contributed by atoms with E-state index in [9.17, 15) is 18.5 Å². The summed E-state index contributed by atoms with van der Waals surface area (Å²) in [5.74, 6) is 0.335. The van der Waals surface area contributed by atoms with Crippen LogP contribution >= 0.6 is 0 Å². The molecule has 1 N–H and O–H groups in total. The lowest BCUT2D eigenvalue weighted by molar-refractivity contribution is -0.385. The standard InChI is InChI=1S/C13H20N2O4S/c1-3-20(18,19)9-5-8-14-10-12-6-4-7-13(11(12)2)15(16)17/h4,6-7,14H,3,5,8-10H2,1-2H3. The van der Waals surface area contributed by atoms with Crippen LogP contribution in [0.15, 0.2) is 18.2 Å². The van der Waals surface area contributed by atoms with Crippen molar-refractivity contribution in [1.82, 2.24) is 5.32 Å². The van der Waals surface area contributed by atoms with E-state index in [1.807, 2.05) is 6.07 Å². The molecule has 0 heterocycles. The summed E-state index contributed by atoms with van der Waals surface area (Å²) in [6, 6.07) is 4.97. The summed E-state index contributed by atoms with van der Waals surface area (Å²) in [5, 5.41) is 13.9. The van der Waals surface area contributed by atoms with E-state index in [1.165, 1.54) is 6.07 Å². The van der Waals surface area contributed by atoms with Crippen LogP contribution in [0.3, 0.4) is 0 Å². The minimum Gasteiger partial charge on any atom is -0.313 e. The van der Waals surface area contributed by atoms with Crippen molar-refractivity contribution in [2.45, 2.75) is 26.8 Å². The van der Waals surface area contributed by atoms with E-state index in [1.54, 1.807) is 19.9 Å². The minimum atomic E-state index is -2.92. The second kappa shape index (κ2) is 7.35. The Morgan fingerprint density at radius 1 is 1.35 bits per heavy atom. The van der Waals surface area contributed by atoms with E-state index in [4.69, 9.17) is 0 Å². The largest absolute Gasteiger partial charge is 0.313 e. The quantitative estimate of drug-likeness (QED) is 0.449. The fourth-order valence-corrected chi connectivity index (χ4v) is 2.72. The van der Waals surface area contributed by atoms with Crippen LogP contribution in [-0.4, -0.2) is 31.4 Å². The van der Waals surface area contributed by atoms with E-state index in [-0.39, 0.29) is 17.2 Å². The number of hydrogen-bond donors (Lipinski definition) is 1. The minimum absolute atomic E-state index is 0.109. The average molecular weight is 300 g/mol. The van der Waals surface area contributed by atoms with Gasteiger partial charge in [0.2, 0.25) is 0 Å². The normalized spacial score (nSPS) is 11.5. The predicted molar refractivity (Wildman–Crippen MR) is 78.5 cm³/mol. The Morgan fingerprint density at radius 2 is 2.05 bits per heavy atom. The molecule has 0 saturated carbocycles. The molecule has 0 aliphatic heterocycles. The van der Waals surface area contributed by atoms with E-state index in [2.05, 4.69) is 5.32 Å². The number of sulfone groups is 1. The third-order valence-corrected chi connectivity index (χ3v) is 4.97. The van der Waals surface area contributed by atoms with Gasteiger partial charge in [-0.05, 0) is 25.5 Å². The van der Waals surface area contributed by atoms with Gasteiger partial charge in [0.05, 0.1) is 10.7 Å². The molecule has 0 fully saturated rings. The number of nitro benzene ring substituents is 1. The Morgan fingerprint density at radius 3 is 2.65 bits per heavy atom. The first-order chi connectivity index (χ1) is 9.37. The molecule has 0 unspecified atom stereocenters. The SMILES string of the molecule is CCS(=O)(=O)CCCNCc1cccc([N+](=O)[O-])c1C. The Hall–Kier alpha value is -1.47. The summed E-state index contributed by atoms with van der Waals surface area (Å²) in [7, 11) is -2.92. The van der Waals surface area contributed by atoms with Crippen molar-refractivity contribution in [3.05, 3.63) is 39.4 Å². The number of nitrogens with one attached hydrogen (secondary N) is 1. The van der Waals surface area contributed by atoms with Gasteiger partial charge in [-0.1, -0.05) is 19.1 Å². The summed E-state index contributed by atoms with van der Waals surface area (Å²) < 4.78 is 22.6. The highest BCUT2D eigenvalue weighted by Gasteiger charge is 2.12. The molecule has 0 bridgehead atoms. The van der Waals surface area contributed by atoms with Gasteiger partial charge in [0.25, 0.3) is 5.69 Å². The molecule has 0 spiro atoms. The van der Waals surface area contributed by atoms with Gasteiger partial charge in [0.15, 0.2) is 0 Å². The Kier molecular flexibility index (Phi) is 6.09. The molecule has 1 aromatic rings. The Labute approximate surface area is 119 Å². The summed E-state index contributed by atoms with van der Waals surface area (Å²) in [4.78, 5) is 10.4. The van der Waals surface area contributed by atoms with Crippen LogP contribution in [0.2, 0.25) is 0 Å². The van der Waals surface area contributed by atoms with Crippen molar-refractivity contribution in [2.24, 2.45) is 0 Å². The molecular formula is C13H20N2O4S. The van der Waals surface area contributed by atoms with Gasteiger partial charge in [-0.25, -0.2) is 8.42 Å². The molecule has 0 radical (unpaired) electrons. The van der Waals surface area contributed by atoms with Crippen molar-refractivity contribution in [1.29, 1.82) is 0 Å². The highest BCUT2D eigenvalue weighted by Crippen LogP contribution is 2.20. The molecule has 6 nitrogen and oxygen atoms in total. The molecule has 1 aromatic carbocycles. The van der Waals surface area contributed by atoms with Crippen molar-refractivity contribution in [3.8, 4) is 0 Å². The van der Waals surface area contributed by atoms with E-state index in [0.29, 0.717) is 25.1 Å². The molecule has 0 aliphatic rings. The van der Waals surface area contributed by atoms with Gasteiger partial charge in [0.1, 0.15) is 9.84 Å². The van der Waals surface area contributed by atoms with E-state index >= 15 is 0 Å². The molecular weight excluding hydrogens is 280 g/mol. The van der Waals surface area contributed by atoms with Gasteiger partial charge >= 0.3 is 0 Å². The molecule has 112 valence electrons. The molecule has 1 rings (SSSR count). The zero-order valence-corrected chi connectivity index (χ0v) is 12.6. The van der Waals surface area contributed by atoms with Crippen molar-refractivity contribution < 1.29 is 13.3 Å². The number of rotatable bonds is 8.